The monoisotopic (exact) mass is 277 g/mol. The van der Waals surface area contributed by atoms with E-state index in [-0.39, 0.29) is 4.83 Å². The Kier molecular flexibility index (Phi) is 4.08. The predicted molar refractivity (Wildman–Crippen MR) is 62.8 cm³/mol. The van der Waals surface area contributed by atoms with E-state index in [9.17, 15) is 8.78 Å². The fourth-order valence-corrected chi connectivity index (χ4v) is 1.88. The van der Waals surface area contributed by atoms with Gasteiger partial charge in [-0.25, -0.2) is 8.78 Å². The van der Waals surface area contributed by atoms with E-state index >= 15 is 0 Å². The first kappa shape index (κ1) is 12.4. The summed E-state index contributed by atoms with van der Waals surface area (Å²) in [6.07, 6.45) is 0.671. The van der Waals surface area contributed by atoms with Gasteiger partial charge in [-0.05, 0) is 18.1 Å². The van der Waals surface area contributed by atoms with Crippen molar-refractivity contribution in [1.82, 2.24) is 0 Å². The number of hydrogen-bond acceptors (Lipinski definition) is 1. The third-order valence-corrected chi connectivity index (χ3v) is 2.42. The molecule has 0 aliphatic heterocycles. The van der Waals surface area contributed by atoms with Gasteiger partial charge in [0.2, 0.25) is 0 Å². The van der Waals surface area contributed by atoms with Crippen LogP contribution in [0, 0.1) is 11.6 Å². The molecule has 4 heteroatoms. The summed E-state index contributed by atoms with van der Waals surface area (Å²) in [6, 6.07) is 2.80. The van der Waals surface area contributed by atoms with Crippen LogP contribution in [-0.4, -0.2) is 18.9 Å². The van der Waals surface area contributed by atoms with Crippen molar-refractivity contribution in [2.45, 2.75) is 18.2 Å². The molecule has 0 bridgehead atoms. The van der Waals surface area contributed by atoms with Crippen molar-refractivity contribution < 1.29 is 8.78 Å². The maximum Gasteiger partial charge on any atom is 0.182 e. The van der Waals surface area contributed by atoms with Gasteiger partial charge >= 0.3 is 0 Å². The summed E-state index contributed by atoms with van der Waals surface area (Å²) >= 11 is 3.40. The highest BCUT2D eigenvalue weighted by Crippen LogP contribution is 2.27. The fourth-order valence-electron chi connectivity index (χ4n) is 1.53. The fraction of sp³-hybridized carbons (Fsp3) is 0.455. The van der Waals surface area contributed by atoms with Crippen molar-refractivity contribution in [1.29, 1.82) is 0 Å². The lowest BCUT2D eigenvalue weighted by molar-refractivity contribution is 0.507. The summed E-state index contributed by atoms with van der Waals surface area (Å²) in [6.45, 7) is 1.97. The summed E-state index contributed by atoms with van der Waals surface area (Å²) in [5.74, 6) is -1.57. The minimum atomic E-state index is -0.801. The van der Waals surface area contributed by atoms with Crippen molar-refractivity contribution in [2.75, 3.05) is 19.0 Å². The Morgan fingerprint density at radius 3 is 2.40 bits per heavy atom. The topological polar surface area (TPSA) is 3.24 Å². The molecule has 0 N–H and O–H groups in total. The molecule has 1 rings (SSSR count). The first-order chi connectivity index (χ1) is 6.93. The van der Waals surface area contributed by atoms with Crippen molar-refractivity contribution in [3.63, 3.8) is 0 Å². The minimum Gasteiger partial charge on any atom is -0.375 e. The summed E-state index contributed by atoms with van der Waals surface area (Å²) in [5.41, 5.74) is 1.14. The van der Waals surface area contributed by atoms with Gasteiger partial charge in [0.25, 0.3) is 0 Å². The molecule has 0 aliphatic carbocycles. The molecule has 84 valence electrons. The molecule has 0 amide bonds. The molecule has 1 unspecified atom stereocenters. The molecule has 1 aromatic carbocycles. The van der Waals surface area contributed by atoms with Crippen molar-refractivity contribution >= 4 is 21.6 Å². The van der Waals surface area contributed by atoms with E-state index in [1.54, 1.807) is 25.1 Å². The van der Waals surface area contributed by atoms with E-state index in [0.717, 1.165) is 5.56 Å². The second-order valence-electron chi connectivity index (χ2n) is 3.75. The van der Waals surface area contributed by atoms with Crippen LogP contribution < -0.4 is 4.90 Å². The summed E-state index contributed by atoms with van der Waals surface area (Å²) in [7, 11) is 3.42. The Hall–Kier alpha value is -0.640. The Balaban J connectivity index is 3.21. The molecule has 0 heterocycles. The molecular formula is C11H14BrF2N. The van der Waals surface area contributed by atoms with E-state index < -0.39 is 11.6 Å². The Morgan fingerprint density at radius 1 is 1.33 bits per heavy atom. The molecule has 0 radical (unpaired) electrons. The largest absolute Gasteiger partial charge is 0.375 e. The number of nitrogens with zero attached hydrogens (tertiary/aromatic N) is 1. The Labute approximate surface area is 97.2 Å². The van der Waals surface area contributed by atoms with E-state index in [1.165, 1.54) is 6.07 Å². The minimum absolute atomic E-state index is 0.237. The van der Waals surface area contributed by atoms with Crippen LogP contribution in [0.4, 0.5) is 14.5 Å². The number of hydrogen-bond donors (Lipinski definition) is 0. The quantitative estimate of drug-likeness (QED) is 0.766. The molecule has 0 aromatic heterocycles. The average Bonchev–Trinajstić information content (AvgIpc) is 2.10. The maximum absolute atomic E-state index is 13.5. The van der Waals surface area contributed by atoms with Crippen LogP contribution in [0.5, 0.6) is 0 Å². The number of alkyl halides is 1. The lowest BCUT2D eigenvalue weighted by Crippen LogP contribution is -2.15. The molecule has 1 aromatic rings. The third kappa shape index (κ3) is 2.91. The lowest BCUT2D eigenvalue weighted by atomic mass is 10.1. The van der Waals surface area contributed by atoms with Crippen LogP contribution in [0.2, 0.25) is 0 Å². The zero-order valence-corrected chi connectivity index (χ0v) is 10.6. The van der Waals surface area contributed by atoms with Crippen LogP contribution >= 0.6 is 15.9 Å². The van der Waals surface area contributed by atoms with Crippen LogP contribution in [-0.2, 0) is 6.42 Å². The van der Waals surface area contributed by atoms with Gasteiger partial charge in [-0.1, -0.05) is 28.9 Å². The molecule has 15 heavy (non-hydrogen) atoms. The van der Waals surface area contributed by atoms with E-state index in [4.69, 9.17) is 0 Å². The van der Waals surface area contributed by atoms with Crippen LogP contribution in [0.1, 0.15) is 12.5 Å². The molecule has 0 saturated heterocycles. The van der Waals surface area contributed by atoms with Crippen molar-refractivity contribution in [2.24, 2.45) is 0 Å². The predicted octanol–water partition coefficient (Wildman–Crippen LogP) is 3.36. The normalized spacial score (nSPS) is 12.7. The standard InChI is InChI=1S/C11H14BrF2N/c1-7(12)6-8-4-5-9(13)10(14)11(8)15(2)3/h4-5,7H,6H2,1-3H3. The number of rotatable bonds is 3. The highest BCUT2D eigenvalue weighted by molar-refractivity contribution is 9.09. The molecule has 0 fully saturated rings. The molecule has 0 aliphatic rings. The second-order valence-corrected chi connectivity index (χ2v) is 5.31. The first-order valence-electron chi connectivity index (χ1n) is 4.71. The Morgan fingerprint density at radius 2 is 1.93 bits per heavy atom. The number of anilines is 1. The first-order valence-corrected chi connectivity index (χ1v) is 5.63. The molecule has 1 nitrogen and oxygen atoms in total. The zero-order valence-electron chi connectivity index (χ0n) is 9.02. The van der Waals surface area contributed by atoms with E-state index in [0.29, 0.717) is 12.1 Å². The van der Waals surface area contributed by atoms with Crippen LogP contribution in [0.15, 0.2) is 12.1 Å². The van der Waals surface area contributed by atoms with Crippen molar-refractivity contribution in [3.8, 4) is 0 Å². The molecular weight excluding hydrogens is 264 g/mol. The van der Waals surface area contributed by atoms with Gasteiger partial charge in [-0.3, -0.25) is 0 Å². The van der Waals surface area contributed by atoms with Gasteiger partial charge in [-0.2, -0.15) is 0 Å². The van der Waals surface area contributed by atoms with E-state index in [2.05, 4.69) is 15.9 Å². The summed E-state index contributed by atoms with van der Waals surface area (Å²) in [4.78, 5) is 1.84. The van der Waals surface area contributed by atoms with Crippen LogP contribution in [0.3, 0.4) is 0 Å². The molecule has 0 spiro atoms. The van der Waals surface area contributed by atoms with Gasteiger partial charge < -0.3 is 4.90 Å². The number of benzene rings is 1. The van der Waals surface area contributed by atoms with E-state index in [1.807, 2.05) is 6.92 Å². The Bertz CT molecular complexity index is 351. The van der Waals surface area contributed by atoms with Gasteiger partial charge in [0, 0.05) is 18.9 Å². The summed E-state index contributed by atoms with van der Waals surface area (Å²) in [5, 5.41) is 0. The maximum atomic E-state index is 13.5. The SMILES string of the molecule is CC(Br)Cc1ccc(F)c(F)c1N(C)C. The number of halogens is 3. The van der Waals surface area contributed by atoms with Gasteiger partial charge in [0.15, 0.2) is 11.6 Å². The van der Waals surface area contributed by atoms with Gasteiger partial charge in [0.05, 0.1) is 5.69 Å². The van der Waals surface area contributed by atoms with Crippen molar-refractivity contribution in [3.05, 3.63) is 29.3 Å². The average molecular weight is 278 g/mol. The molecule has 0 saturated carbocycles. The zero-order chi connectivity index (χ0) is 11.6. The van der Waals surface area contributed by atoms with Gasteiger partial charge in [-0.15, -0.1) is 0 Å². The summed E-state index contributed by atoms with van der Waals surface area (Å²) < 4.78 is 26.6. The lowest BCUT2D eigenvalue weighted by Gasteiger charge is -2.19. The highest BCUT2D eigenvalue weighted by Gasteiger charge is 2.15. The third-order valence-electron chi connectivity index (χ3n) is 2.10. The second kappa shape index (κ2) is 4.92. The van der Waals surface area contributed by atoms with Gasteiger partial charge in [0.1, 0.15) is 0 Å². The molecule has 1 atom stereocenters. The smallest absolute Gasteiger partial charge is 0.182 e. The van der Waals surface area contributed by atoms with Crippen LogP contribution in [0.25, 0.3) is 0 Å². The highest BCUT2D eigenvalue weighted by atomic mass is 79.9.